The maximum absolute atomic E-state index is 12.1. The molecule has 3 nitrogen and oxygen atoms in total. The van der Waals surface area contributed by atoms with Gasteiger partial charge in [-0.1, -0.05) is 0 Å². The van der Waals surface area contributed by atoms with E-state index in [1.54, 1.807) is 0 Å². The summed E-state index contributed by atoms with van der Waals surface area (Å²) in [6.45, 7) is 0.560. The molecule has 1 aromatic rings. The molecule has 0 saturated carbocycles. The molecule has 0 unspecified atom stereocenters. The van der Waals surface area contributed by atoms with E-state index in [4.69, 9.17) is 6.42 Å². The van der Waals surface area contributed by atoms with Gasteiger partial charge in [-0.2, -0.15) is 13.2 Å². The van der Waals surface area contributed by atoms with Gasteiger partial charge in [0.05, 0.1) is 0 Å². The summed E-state index contributed by atoms with van der Waals surface area (Å²) in [5.74, 6) is 2.77. The van der Waals surface area contributed by atoms with E-state index in [-0.39, 0.29) is 0 Å². The molecular weight excluding hydrogens is 219 g/mol. The van der Waals surface area contributed by atoms with E-state index in [2.05, 4.69) is 21.4 Å². The zero-order chi connectivity index (χ0) is 12.0. The van der Waals surface area contributed by atoms with Crippen LogP contribution in [0.2, 0.25) is 0 Å². The van der Waals surface area contributed by atoms with Gasteiger partial charge in [-0.3, -0.25) is 0 Å². The molecule has 6 heteroatoms. The van der Waals surface area contributed by atoms with Crippen molar-refractivity contribution in [2.75, 3.05) is 11.9 Å². The molecule has 0 radical (unpaired) electrons. The van der Waals surface area contributed by atoms with Crippen molar-refractivity contribution >= 4 is 5.82 Å². The number of anilines is 1. The first-order chi connectivity index (χ1) is 7.54. The Hall–Kier alpha value is -1.77. The molecule has 1 heterocycles. The zero-order valence-electron chi connectivity index (χ0n) is 8.38. The summed E-state index contributed by atoms with van der Waals surface area (Å²) in [6, 6.07) is 2.13. The summed E-state index contributed by atoms with van der Waals surface area (Å²) in [7, 11) is 0. The molecule has 1 aromatic heterocycles. The minimum atomic E-state index is -4.45. The molecular formula is C10H10F3N3. The Bertz CT molecular complexity index is 364. The number of alkyl halides is 3. The van der Waals surface area contributed by atoms with Crippen LogP contribution in [-0.2, 0) is 6.18 Å². The van der Waals surface area contributed by atoms with E-state index >= 15 is 0 Å². The van der Waals surface area contributed by atoms with Crippen molar-refractivity contribution in [3.05, 3.63) is 17.8 Å². The molecule has 0 aliphatic heterocycles. The molecule has 0 atom stereocenters. The second kappa shape index (κ2) is 5.35. The number of nitrogens with one attached hydrogen (secondary N) is 1. The molecule has 1 rings (SSSR count). The summed E-state index contributed by atoms with van der Waals surface area (Å²) >= 11 is 0. The Morgan fingerprint density at radius 2 is 2.06 bits per heavy atom. The normalized spacial score (nSPS) is 10.9. The Morgan fingerprint density at radius 3 is 2.56 bits per heavy atom. The van der Waals surface area contributed by atoms with Crippen molar-refractivity contribution in [3.63, 3.8) is 0 Å². The van der Waals surface area contributed by atoms with E-state index in [9.17, 15) is 13.2 Å². The lowest BCUT2D eigenvalue weighted by Gasteiger charge is -2.06. The fourth-order valence-corrected chi connectivity index (χ4v) is 0.985. The lowest BCUT2D eigenvalue weighted by molar-refractivity contribution is -0.141. The van der Waals surface area contributed by atoms with Crippen LogP contribution >= 0.6 is 0 Å². The molecule has 0 bridgehead atoms. The average molecular weight is 229 g/mol. The number of hydrogen-bond acceptors (Lipinski definition) is 3. The van der Waals surface area contributed by atoms with Crippen molar-refractivity contribution in [1.29, 1.82) is 0 Å². The second-order valence-corrected chi connectivity index (χ2v) is 3.04. The van der Waals surface area contributed by atoms with Crippen LogP contribution in [-0.4, -0.2) is 16.7 Å². The minimum absolute atomic E-state index is 0.310. The summed E-state index contributed by atoms with van der Waals surface area (Å²) in [5.41, 5.74) is -0.998. The fraction of sp³-hybridized carbons (Fsp3) is 0.400. The van der Waals surface area contributed by atoms with Gasteiger partial charge in [-0.05, 0) is 18.6 Å². The van der Waals surface area contributed by atoms with Crippen LogP contribution in [0.4, 0.5) is 19.0 Å². The first-order valence-electron chi connectivity index (χ1n) is 4.62. The largest absolute Gasteiger partial charge is 0.435 e. The molecule has 1 N–H and O–H groups in total. The molecule has 0 aliphatic carbocycles. The highest BCUT2D eigenvalue weighted by Crippen LogP contribution is 2.26. The van der Waals surface area contributed by atoms with Crippen LogP contribution in [0, 0.1) is 12.3 Å². The quantitative estimate of drug-likeness (QED) is 0.636. The van der Waals surface area contributed by atoms with Crippen LogP contribution in [0.3, 0.4) is 0 Å². The van der Waals surface area contributed by atoms with Gasteiger partial charge in [-0.15, -0.1) is 22.5 Å². The van der Waals surface area contributed by atoms with Gasteiger partial charge in [0.25, 0.3) is 0 Å². The van der Waals surface area contributed by atoms with E-state index in [1.165, 1.54) is 6.07 Å². The second-order valence-electron chi connectivity index (χ2n) is 3.04. The van der Waals surface area contributed by atoms with Gasteiger partial charge in [-0.25, -0.2) is 0 Å². The van der Waals surface area contributed by atoms with Crippen molar-refractivity contribution in [2.45, 2.75) is 19.0 Å². The summed E-state index contributed by atoms with van der Waals surface area (Å²) < 4.78 is 36.4. The maximum atomic E-state index is 12.1. The molecule has 0 spiro atoms. The lowest BCUT2D eigenvalue weighted by atomic mass is 10.3. The third kappa shape index (κ3) is 3.77. The molecule has 86 valence electrons. The van der Waals surface area contributed by atoms with Crippen molar-refractivity contribution in [2.24, 2.45) is 0 Å². The number of terminal acetylenes is 1. The van der Waals surface area contributed by atoms with E-state index in [1.807, 2.05) is 0 Å². The van der Waals surface area contributed by atoms with Crippen LogP contribution in [0.15, 0.2) is 12.1 Å². The monoisotopic (exact) mass is 229 g/mol. The Kier molecular flexibility index (Phi) is 4.11. The van der Waals surface area contributed by atoms with Gasteiger partial charge < -0.3 is 5.32 Å². The predicted molar refractivity (Wildman–Crippen MR) is 53.6 cm³/mol. The smallest absolute Gasteiger partial charge is 0.369 e. The molecule has 0 saturated heterocycles. The Balaban J connectivity index is 2.49. The first kappa shape index (κ1) is 12.3. The van der Waals surface area contributed by atoms with Gasteiger partial charge >= 0.3 is 6.18 Å². The van der Waals surface area contributed by atoms with Gasteiger partial charge in [0.15, 0.2) is 5.69 Å². The Morgan fingerprint density at radius 1 is 1.31 bits per heavy atom. The number of unbranched alkanes of at least 4 members (excludes halogenated alkanes) is 1. The van der Waals surface area contributed by atoms with Gasteiger partial charge in [0.1, 0.15) is 5.82 Å². The molecule has 0 fully saturated rings. The third-order valence-corrected chi connectivity index (χ3v) is 1.76. The lowest BCUT2D eigenvalue weighted by Crippen LogP contribution is -2.10. The highest BCUT2D eigenvalue weighted by atomic mass is 19.4. The SMILES string of the molecule is C#CCCCNc1ccc(C(F)(F)F)nn1. The van der Waals surface area contributed by atoms with E-state index < -0.39 is 11.9 Å². The maximum Gasteiger partial charge on any atom is 0.435 e. The van der Waals surface area contributed by atoms with E-state index in [0.29, 0.717) is 18.8 Å². The predicted octanol–water partition coefficient (Wildman–Crippen LogP) is 2.32. The Labute approximate surface area is 91.1 Å². The average Bonchev–Trinajstić information content (AvgIpc) is 2.24. The van der Waals surface area contributed by atoms with Gasteiger partial charge in [0, 0.05) is 13.0 Å². The molecule has 16 heavy (non-hydrogen) atoms. The van der Waals surface area contributed by atoms with Crippen molar-refractivity contribution in [3.8, 4) is 12.3 Å². The number of hydrogen-bond donors (Lipinski definition) is 1. The minimum Gasteiger partial charge on any atom is -0.369 e. The molecule has 0 aliphatic rings. The molecule has 0 amide bonds. The number of halogens is 3. The van der Waals surface area contributed by atoms with Crippen LogP contribution in [0.25, 0.3) is 0 Å². The summed E-state index contributed by atoms with van der Waals surface area (Å²) in [4.78, 5) is 0. The topological polar surface area (TPSA) is 37.8 Å². The number of rotatable bonds is 4. The first-order valence-corrected chi connectivity index (χ1v) is 4.62. The van der Waals surface area contributed by atoms with Crippen LogP contribution in [0.1, 0.15) is 18.5 Å². The van der Waals surface area contributed by atoms with Gasteiger partial charge in [0.2, 0.25) is 0 Å². The van der Waals surface area contributed by atoms with E-state index in [0.717, 1.165) is 12.5 Å². The highest BCUT2D eigenvalue weighted by Gasteiger charge is 2.32. The van der Waals surface area contributed by atoms with Crippen LogP contribution in [0.5, 0.6) is 0 Å². The van der Waals surface area contributed by atoms with Crippen molar-refractivity contribution < 1.29 is 13.2 Å². The zero-order valence-corrected chi connectivity index (χ0v) is 8.38. The standard InChI is InChI=1S/C10H10F3N3/c1-2-3-4-7-14-9-6-5-8(15-16-9)10(11,12)13/h1,5-6H,3-4,7H2,(H,14,16). The number of nitrogens with zero attached hydrogens (tertiary/aromatic N) is 2. The summed E-state index contributed by atoms with van der Waals surface area (Å²) in [6.07, 6.45) is 1.94. The summed E-state index contributed by atoms with van der Waals surface area (Å²) in [5, 5.41) is 9.30. The van der Waals surface area contributed by atoms with Crippen LogP contribution < -0.4 is 5.32 Å². The third-order valence-electron chi connectivity index (χ3n) is 1.76. The molecule has 0 aromatic carbocycles. The van der Waals surface area contributed by atoms with Crippen molar-refractivity contribution in [1.82, 2.24) is 10.2 Å². The fourth-order valence-electron chi connectivity index (χ4n) is 0.985. The number of aromatic nitrogens is 2. The highest BCUT2D eigenvalue weighted by molar-refractivity contribution is 5.33.